The number of nitrogens with zero attached hydrogens (tertiary/aromatic N) is 3. The first-order valence-corrected chi connectivity index (χ1v) is 10.4. The van der Waals surface area contributed by atoms with Crippen LogP contribution in [0, 0.1) is 0 Å². The number of nitrogens with one attached hydrogen (secondary N) is 2. The summed E-state index contributed by atoms with van der Waals surface area (Å²) in [5.74, 6) is 0.944. The number of aromatic nitrogens is 1. The van der Waals surface area contributed by atoms with Gasteiger partial charge in [0.05, 0.1) is 5.52 Å². The molecule has 0 bridgehead atoms. The molecule has 2 heterocycles. The summed E-state index contributed by atoms with van der Waals surface area (Å²) >= 11 is 0. The number of benzene rings is 1. The van der Waals surface area contributed by atoms with Crippen molar-refractivity contribution in [3.63, 3.8) is 0 Å². The number of halogens is 1. The van der Waals surface area contributed by atoms with Gasteiger partial charge in [-0.15, -0.1) is 24.0 Å². The summed E-state index contributed by atoms with van der Waals surface area (Å²) in [6, 6.07) is 11.0. The second-order valence-corrected chi connectivity index (χ2v) is 7.26. The van der Waals surface area contributed by atoms with Crippen LogP contribution in [0.4, 0.5) is 0 Å². The van der Waals surface area contributed by atoms with Gasteiger partial charge in [0.1, 0.15) is 0 Å². The number of likely N-dealkylation sites (tertiary alicyclic amines) is 1. The van der Waals surface area contributed by atoms with Gasteiger partial charge >= 0.3 is 0 Å². The predicted octanol–water partition coefficient (Wildman–Crippen LogP) is 3.82. The largest absolute Gasteiger partial charge is 0.357 e. The molecule has 154 valence electrons. The second-order valence-electron chi connectivity index (χ2n) is 7.26. The molecule has 0 unspecified atom stereocenters. The smallest absolute Gasteiger partial charge is 0.191 e. The molecule has 5 nitrogen and oxygen atoms in total. The van der Waals surface area contributed by atoms with Crippen molar-refractivity contribution in [3.05, 3.63) is 42.1 Å². The van der Waals surface area contributed by atoms with E-state index in [2.05, 4.69) is 58.6 Å². The van der Waals surface area contributed by atoms with Gasteiger partial charge in [-0.2, -0.15) is 0 Å². The highest BCUT2D eigenvalue weighted by Crippen LogP contribution is 2.16. The quantitative estimate of drug-likeness (QED) is 0.349. The summed E-state index contributed by atoms with van der Waals surface area (Å²) in [4.78, 5) is 11.9. The lowest BCUT2D eigenvalue weighted by Gasteiger charge is -2.32. The van der Waals surface area contributed by atoms with Crippen molar-refractivity contribution in [1.29, 1.82) is 0 Å². The maximum atomic E-state index is 4.82. The first-order chi connectivity index (χ1) is 13.3. The molecule has 0 aliphatic carbocycles. The predicted molar refractivity (Wildman–Crippen MR) is 130 cm³/mol. The lowest BCUT2D eigenvalue weighted by molar-refractivity contribution is 0.206. The minimum atomic E-state index is 0. The molecule has 1 aliphatic rings. The topological polar surface area (TPSA) is 52.5 Å². The molecule has 0 amide bonds. The van der Waals surface area contributed by atoms with Crippen molar-refractivity contribution < 1.29 is 0 Å². The summed E-state index contributed by atoms with van der Waals surface area (Å²) in [6.07, 6.45) is 6.39. The van der Waals surface area contributed by atoms with E-state index < -0.39 is 0 Å². The fourth-order valence-corrected chi connectivity index (χ4v) is 3.79. The van der Waals surface area contributed by atoms with Crippen molar-refractivity contribution in [3.8, 4) is 0 Å². The van der Waals surface area contributed by atoms with Crippen LogP contribution in [0.2, 0.25) is 0 Å². The van der Waals surface area contributed by atoms with Crippen LogP contribution in [-0.2, 0) is 6.42 Å². The number of guanidine groups is 1. The highest BCUT2D eigenvalue weighted by molar-refractivity contribution is 14.0. The molecular formula is C22H34IN5. The lowest BCUT2D eigenvalue weighted by atomic mass is 10.1. The SMILES string of the molecule is CCCN1CCC(NC(=NCCc2cccc3cccnc23)NCC)CC1.I. The standard InChI is InChI=1S/C22H33N5.HI/c1-3-15-27-16-11-20(12-17-27)26-22(23-4-2)25-14-10-19-8-5-7-18-9-6-13-24-21(18)19;/h5-9,13,20H,3-4,10-12,14-17H2,1-2H3,(H2,23,25,26);1H. The number of para-hydroxylation sites is 1. The Morgan fingerprint density at radius 2 is 1.96 bits per heavy atom. The van der Waals surface area contributed by atoms with Gasteiger partial charge in [0, 0.05) is 43.8 Å². The Morgan fingerprint density at radius 1 is 1.18 bits per heavy atom. The van der Waals surface area contributed by atoms with Gasteiger partial charge < -0.3 is 15.5 Å². The van der Waals surface area contributed by atoms with Gasteiger partial charge in [-0.05, 0) is 50.8 Å². The van der Waals surface area contributed by atoms with Gasteiger partial charge in [-0.25, -0.2) is 0 Å². The Bertz CT molecular complexity index is 735. The summed E-state index contributed by atoms with van der Waals surface area (Å²) < 4.78 is 0. The summed E-state index contributed by atoms with van der Waals surface area (Å²) in [6.45, 7) is 9.62. The van der Waals surface area contributed by atoms with Gasteiger partial charge in [0.15, 0.2) is 5.96 Å². The monoisotopic (exact) mass is 495 g/mol. The van der Waals surface area contributed by atoms with Crippen LogP contribution < -0.4 is 10.6 Å². The molecule has 0 saturated carbocycles. The van der Waals surface area contributed by atoms with Crippen LogP contribution in [0.5, 0.6) is 0 Å². The summed E-state index contributed by atoms with van der Waals surface area (Å²) in [5.41, 5.74) is 2.36. The van der Waals surface area contributed by atoms with Gasteiger partial charge in [-0.3, -0.25) is 9.98 Å². The van der Waals surface area contributed by atoms with E-state index in [1.807, 2.05) is 12.3 Å². The Balaban J connectivity index is 0.00000280. The molecule has 0 atom stereocenters. The normalized spacial score (nSPS) is 16.0. The highest BCUT2D eigenvalue weighted by Gasteiger charge is 2.19. The van der Waals surface area contributed by atoms with Crippen LogP contribution in [0.3, 0.4) is 0 Å². The molecular weight excluding hydrogens is 461 g/mol. The number of hydrogen-bond acceptors (Lipinski definition) is 3. The molecule has 0 spiro atoms. The minimum absolute atomic E-state index is 0. The number of hydrogen-bond donors (Lipinski definition) is 2. The molecule has 3 rings (SSSR count). The maximum Gasteiger partial charge on any atom is 0.191 e. The van der Waals surface area contributed by atoms with Crippen LogP contribution in [0.15, 0.2) is 41.5 Å². The third kappa shape index (κ3) is 6.58. The molecule has 1 saturated heterocycles. The Hall–Kier alpha value is -1.41. The van der Waals surface area contributed by atoms with E-state index >= 15 is 0 Å². The Kier molecular flexibility index (Phi) is 9.98. The molecule has 2 N–H and O–H groups in total. The van der Waals surface area contributed by atoms with Crippen molar-refractivity contribution in [1.82, 2.24) is 20.5 Å². The van der Waals surface area contributed by atoms with Gasteiger partial charge in [-0.1, -0.05) is 31.2 Å². The zero-order chi connectivity index (χ0) is 18.9. The van der Waals surface area contributed by atoms with Crippen molar-refractivity contribution in [2.24, 2.45) is 4.99 Å². The van der Waals surface area contributed by atoms with Crippen molar-refractivity contribution in [2.75, 3.05) is 32.7 Å². The summed E-state index contributed by atoms with van der Waals surface area (Å²) in [7, 11) is 0. The first-order valence-electron chi connectivity index (χ1n) is 10.4. The fraction of sp³-hybridized carbons (Fsp3) is 0.545. The molecule has 2 aromatic rings. The molecule has 1 aromatic carbocycles. The third-order valence-corrected chi connectivity index (χ3v) is 5.18. The van der Waals surface area contributed by atoms with E-state index in [1.54, 1.807) is 0 Å². The van der Waals surface area contributed by atoms with Crippen molar-refractivity contribution >= 4 is 40.8 Å². The van der Waals surface area contributed by atoms with E-state index in [4.69, 9.17) is 4.99 Å². The molecule has 1 aliphatic heterocycles. The van der Waals surface area contributed by atoms with Crippen LogP contribution in [-0.4, -0.2) is 54.6 Å². The maximum absolute atomic E-state index is 4.82. The van der Waals surface area contributed by atoms with E-state index in [0.717, 1.165) is 31.0 Å². The third-order valence-electron chi connectivity index (χ3n) is 5.18. The number of piperidine rings is 1. The number of aliphatic imine (C=N–C) groups is 1. The molecule has 6 heteroatoms. The average Bonchev–Trinajstić information content (AvgIpc) is 2.70. The van der Waals surface area contributed by atoms with Crippen LogP contribution in [0.25, 0.3) is 10.9 Å². The van der Waals surface area contributed by atoms with E-state index in [0.29, 0.717) is 6.04 Å². The van der Waals surface area contributed by atoms with Crippen LogP contribution in [0.1, 0.15) is 38.7 Å². The molecule has 28 heavy (non-hydrogen) atoms. The zero-order valence-electron chi connectivity index (χ0n) is 17.2. The van der Waals surface area contributed by atoms with Gasteiger partial charge in [0.25, 0.3) is 0 Å². The van der Waals surface area contributed by atoms with E-state index in [9.17, 15) is 0 Å². The fourth-order valence-electron chi connectivity index (χ4n) is 3.79. The summed E-state index contributed by atoms with van der Waals surface area (Å²) in [5, 5.41) is 8.24. The average molecular weight is 495 g/mol. The zero-order valence-corrected chi connectivity index (χ0v) is 19.5. The Labute approximate surface area is 186 Å². The number of pyridine rings is 1. The molecule has 1 aromatic heterocycles. The van der Waals surface area contributed by atoms with Crippen LogP contribution >= 0.6 is 24.0 Å². The highest BCUT2D eigenvalue weighted by atomic mass is 127. The minimum Gasteiger partial charge on any atom is -0.357 e. The van der Waals surface area contributed by atoms with Gasteiger partial charge in [0.2, 0.25) is 0 Å². The lowest BCUT2D eigenvalue weighted by Crippen LogP contribution is -2.48. The molecule has 1 fully saturated rings. The van der Waals surface area contributed by atoms with E-state index in [1.165, 1.54) is 49.8 Å². The van der Waals surface area contributed by atoms with Crippen molar-refractivity contribution in [2.45, 2.75) is 45.6 Å². The second kappa shape index (κ2) is 12.2. The Morgan fingerprint density at radius 3 is 2.71 bits per heavy atom. The van der Waals surface area contributed by atoms with E-state index in [-0.39, 0.29) is 24.0 Å². The number of fused-ring (bicyclic) bond motifs is 1. The number of rotatable bonds is 7. The first kappa shape index (κ1) is 22.9. The molecule has 0 radical (unpaired) electrons.